The molecule has 2 amide bonds. The summed E-state index contributed by atoms with van der Waals surface area (Å²) in [6, 6.07) is 0. The van der Waals surface area contributed by atoms with Crippen molar-refractivity contribution in [3.63, 3.8) is 0 Å². The Morgan fingerprint density at radius 2 is 1.92 bits per heavy atom. The van der Waals surface area contributed by atoms with Crippen LogP contribution in [0.1, 0.15) is 76.8 Å². The van der Waals surface area contributed by atoms with E-state index in [-0.39, 0.29) is 41.1 Å². The van der Waals surface area contributed by atoms with Gasteiger partial charge in [-0.2, -0.15) is 0 Å². The molecule has 9 nitrogen and oxygen atoms in total. The number of aliphatic hydroxyl groups is 2. The molecular weight excluding hydrogens is 504 g/mol. The Balaban J connectivity index is 1.56. The average Bonchev–Trinajstić information content (AvgIpc) is 3.24. The lowest BCUT2D eigenvalue weighted by Crippen LogP contribution is -2.57. The van der Waals surface area contributed by atoms with Crippen molar-refractivity contribution in [2.45, 2.75) is 78.7 Å². The number of ether oxygens (including phenoxy) is 1. The maximum Gasteiger partial charge on any atom is 0.226 e. The Hall–Kier alpha value is -1.59. The SMILES string of the molecule is CC(C)(C)CC(=O)Nc1nc2c(s1)C[C@@H]1[C@](C)(CO)[C@H](O)CC[C@@]1(C)[C@@H]2CC(=O)NCCN1CCOCC1. The summed E-state index contributed by atoms with van der Waals surface area (Å²) in [5, 5.41) is 28.1. The number of anilines is 1. The van der Waals surface area contributed by atoms with Crippen molar-refractivity contribution in [1.82, 2.24) is 15.2 Å². The average molecular weight is 551 g/mol. The second kappa shape index (κ2) is 11.5. The van der Waals surface area contributed by atoms with E-state index >= 15 is 0 Å². The molecule has 4 N–H and O–H groups in total. The van der Waals surface area contributed by atoms with Crippen molar-refractivity contribution in [3.8, 4) is 0 Å². The first kappa shape index (κ1) is 29.4. The van der Waals surface area contributed by atoms with E-state index in [2.05, 4.69) is 22.5 Å². The van der Waals surface area contributed by atoms with Crippen LogP contribution in [0.4, 0.5) is 5.13 Å². The Morgan fingerprint density at radius 3 is 2.58 bits per heavy atom. The molecule has 1 saturated carbocycles. The first-order valence-electron chi connectivity index (χ1n) is 14.0. The van der Waals surface area contributed by atoms with Crippen LogP contribution in [0, 0.1) is 22.2 Å². The Kier molecular flexibility index (Phi) is 8.89. The first-order valence-corrected chi connectivity index (χ1v) is 14.8. The van der Waals surface area contributed by atoms with Crippen molar-refractivity contribution in [2.75, 3.05) is 51.3 Å². The second-order valence-corrected chi connectivity index (χ2v) is 14.2. The van der Waals surface area contributed by atoms with Gasteiger partial charge in [0.05, 0.1) is 31.6 Å². The quantitative estimate of drug-likeness (QED) is 0.392. The topological polar surface area (TPSA) is 124 Å². The second-order valence-electron chi connectivity index (χ2n) is 13.2. The van der Waals surface area contributed by atoms with E-state index in [1.165, 1.54) is 11.3 Å². The van der Waals surface area contributed by atoms with Crippen LogP contribution in [0.2, 0.25) is 0 Å². The zero-order chi connectivity index (χ0) is 27.7. The molecule has 2 aliphatic carbocycles. The third-order valence-electron chi connectivity index (χ3n) is 9.07. The standard InChI is InChI=1S/C28H46N4O5S/c1-26(2,3)16-23(36)30-25-31-24-18(14-22(35)29-8-9-32-10-12-37-13-11-32)27(4)7-6-21(34)28(5,17-33)20(27)15-19(24)38-25/h18,20-21,33-34H,6-17H2,1-5H3,(H,29,35)(H,30,31,36)/t18-,20+,21-,27+,28+/m1/s1. The molecular formula is C28H46N4O5S. The number of amides is 2. The van der Waals surface area contributed by atoms with Gasteiger partial charge < -0.3 is 25.6 Å². The van der Waals surface area contributed by atoms with Gasteiger partial charge in [0.15, 0.2) is 5.13 Å². The van der Waals surface area contributed by atoms with Crippen LogP contribution in [-0.4, -0.2) is 84.0 Å². The molecule has 1 aromatic rings. The summed E-state index contributed by atoms with van der Waals surface area (Å²) in [5.74, 6) is -0.261. The lowest BCUT2D eigenvalue weighted by molar-refractivity contribution is -0.144. The molecule has 2 fully saturated rings. The molecule has 4 rings (SSSR count). The van der Waals surface area contributed by atoms with Gasteiger partial charge in [0.2, 0.25) is 11.8 Å². The highest BCUT2D eigenvalue weighted by molar-refractivity contribution is 7.15. The van der Waals surface area contributed by atoms with Crippen LogP contribution >= 0.6 is 11.3 Å². The molecule has 38 heavy (non-hydrogen) atoms. The highest BCUT2D eigenvalue weighted by Crippen LogP contribution is 2.62. The van der Waals surface area contributed by atoms with E-state index in [0.717, 1.165) is 49.8 Å². The number of hydrogen-bond acceptors (Lipinski definition) is 8. The molecule has 1 aliphatic heterocycles. The third-order valence-corrected chi connectivity index (χ3v) is 10.1. The van der Waals surface area contributed by atoms with E-state index in [0.29, 0.717) is 37.4 Å². The maximum atomic E-state index is 13.3. The minimum absolute atomic E-state index is 0.0130. The molecule has 1 saturated heterocycles. The number of hydrogen-bond donors (Lipinski definition) is 4. The Morgan fingerprint density at radius 1 is 1.21 bits per heavy atom. The van der Waals surface area contributed by atoms with Crippen LogP contribution < -0.4 is 10.6 Å². The van der Waals surface area contributed by atoms with Crippen molar-refractivity contribution < 1.29 is 24.5 Å². The Labute approximate surface area is 230 Å². The fraction of sp³-hybridized carbons (Fsp3) is 0.821. The predicted molar refractivity (Wildman–Crippen MR) is 148 cm³/mol. The number of carbonyl (C=O) groups is 2. The lowest BCUT2D eigenvalue weighted by atomic mass is 9.47. The molecule has 0 spiro atoms. The van der Waals surface area contributed by atoms with Crippen LogP contribution in [0.5, 0.6) is 0 Å². The minimum atomic E-state index is -0.671. The third kappa shape index (κ3) is 6.25. The lowest BCUT2D eigenvalue weighted by Gasteiger charge is -2.58. The van der Waals surface area contributed by atoms with Crippen LogP contribution in [-0.2, 0) is 20.7 Å². The molecule has 1 aromatic heterocycles. The van der Waals surface area contributed by atoms with E-state index in [1.54, 1.807) is 0 Å². The summed E-state index contributed by atoms with van der Waals surface area (Å²) >= 11 is 1.47. The molecule has 214 valence electrons. The number of aromatic nitrogens is 1. The van der Waals surface area contributed by atoms with E-state index in [9.17, 15) is 19.8 Å². The largest absolute Gasteiger partial charge is 0.396 e. The van der Waals surface area contributed by atoms with Gasteiger partial charge in [0, 0.05) is 55.2 Å². The van der Waals surface area contributed by atoms with E-state index in [4.69, 9.17) is 9.72 Å². The predicted octanol–water partition coefficient (Wildman–Crippen LogP) is 2.77. The summed E-state index contributed by atoms with van der Waals surface area (Å²) in [7, 11) is 0. The molecule has 5 atom stereocenters. The first-order chi connectivity index (χ1) is 17.9. The summed E-state index contributed by atoms with van der Waals surface area (Å²) < 4.78 is 5.41. The van der Waals surface area contributed by atoms with Gasteiger partial charge in [-0.1, -0.05) is 34.6 Å². The fourth-order valence-corrected chi connectivity index (χ4v) is 7.86. The van der Waals surface area contributed by atoms with Gasteiger partial charge in [0.1, 0.15) is 0 Å². The number of nitrogens with one attached hydrogen (secondary N) is 2. The van der Waals surface area contributed by atoms with E-state index in [1.807, 2.05) is 27.7 Å². The number of fused-ring (bicyclic) bond motifs is 2. The van der Waals surface area contributed by atoms with Gasteiger partial charge in [0.25, 0.3) is 0 Å². The molecule has 0 radical (unpaired) electrons. The van der Waals surface area contributed by atoms with Gasteiger partial charge in [-0.25, -0.2) is 4.98 Å². The highest BCUT2D eigenvalue weighted by Gasteiger charge is 2.59. The van der Waals surface area contributed by atoms with Crippen molar-refractivity contribution in [1.29, 1.82) is 0 Å². The highest BCUT2D eigenvalue weighted by atomic mass is 32.1. The fourth-order valence-electron chi connectivity index (χ4n) is 6.78. The molecule has 2 heterocycles. The number of carbonyl (C=O) groups excluding carboxylic acids is 2. The molecule has 3 aliphatic rings. The number of morpholine rings is 1. The summed E-state index contributed by atoms with van der Waals surface area (Å²) in [6.07, 6.45) is 2.08. The van der Waals surface area contributed by atoms with Crippen molar-refractivity contribution in [2.24, 2.45) is 22.2 Å². The number of nitrogens with zero attached hydrogens (tertiary/aromatic N) is 2. The smallest absolute Gasteiger partial charge is 0.226 e. The van der Waals surface area contributed by atoms with Crippen molar-refractivity contribution in [3.05, 3.63) is 10.6 Å². The van der Waals surface area contributed by atoms with Gasteiger partial charge in [-0.15, -0.1) is 11.3 Å². The Bertz CT molecular complexity index is 1000. The van der Waals surface area contributed by atoms with Crippen LogP contribution in [0.25, 0.3) is 0 Å². The molecule has 0 bridgehead atoms. The summed E-state index contributed by atoms with van der Waals surface area (Å²) in [6.45, 7) is 14.7. The number of thiazole rings is 1. The van der Waals surface area contributed by atoms with Gasteiger partial charge >= 0.3 is 0 Å². The molecule has 0 unspecified atom stereocenters. The van der Waals surface area contributed by atoms with Crippen LogP contribution in [0.3, 0.4) is 0 Å². The minimum Gasteiger partial charge on any atom is -0.396 e. The van der Waals surface area contributed by atoms with Gasteiger partial charge in [-0.3, -0.25) is 14.5 Å². The monoisotopic (exact) mass is 550 g/mol. The maximum absolute atomic E-state index is 13.3. The molecule has 10 heteroatoms. The number of rotatable bonds is 8. The van der Waals surface area contributed by atoms with Crippen molar-refractivity contribution >= 4 is 28.3 Å². The summed E-state index contributed by atoms with van der Waals surface area (Å²) in [5.41, 5.74) is -0.231. The zero-order valence-electron chi connectivity index (χ0n) is 23.6. The normalized spacial score (nSPS) is 31.8. The van der Waals surface area contributed by atoms with Crippen LogP contribution in [0.15, 0.2) is 0 Å². The number of aliphatic hydroxyl groups excluding tert-OH is 2. The summed E-state index contributed by atoms with van der Waals surface area (Å²) in [4.78, 5) is 34.2. The zero-order valence-corrected chi connectivity index (χ0v) is 24.5. The van der Waals surface area contributed by atoms with E-state index < -0.39 is 11.5 Å². The van der Waals surface area contributed by atoms with Gasteiger partial charge in [-0.05, 0) is 36.0 Å². The molecule has 0 aromatic carbocycles.